The van der Waals surface area contributed by atoms with Crippen LogP contribution in [0.3, 0.4) is 0 Å². The molecule has 4 nitrogen and oxygen atoms in total. The van der Waals surface area contributed by atoms with Gasteiger partial charge < -0.3 is 9.84 Å². The second kappa shape index (κ2) is 8.93. The number of ether oxygens (including phenoxy) is 1. The van der Waals surface area contributed by atoms with Gasteiger partial charge in [0.2, 0.25) is 9.84 Å². The lowest BCUT2D eigenvalue weighted by atomic mass is 9.78. The summed E-state index contributed by atoms with van der Waals surface area (Å²) in [6.45, 7) is 4.24. The van der Waals surface area contributed by atoms with E-state index in [0.29, 0.717) is 16.5 Å². The third-order valence-corrected chi connectivity index (χ3v) is 7.70. The summed E-state index contributed by atoms with van der Waals surface area (Å²) in [5.74, 6) is 1.43. The van der Waals surface area contributed by atoms with E-state index >= 15 is 0 Å². The van der Waals surface area contributed by atoms with Gasteiger partial charge in [-0.3, -0.25) is 0 Å². The Bertz CT molecular complexity index is 1340. The molecule has 0 bridgehead atoms. The van der Waals surface area contributed by atoms with Crippen LogP contribution in [0.2, 0.25) is 5.02 Å². The van der Waals surface area contributed by atoms with Crippen molar-refractivity contribution in [3.63, 3.8) is 0 Å². The van der Waals surface area contributed by atoms with E-state index in [1.54, 1.807) is 36.4 Å². The molecule has 0 saturated heterocycles. The molecule has 1 N–H and O–H groups in total. The van der Waals surface area contributed by atoms with Gasteiger partial charge in [0.05, 0.1) is 9.79 Å². The van der Waals surface area contributed by atoms with Crippen molar-refractivity contribution >= 4 is 21.4 Å². The highest BCUT2D eigenvalue weighted by Gasteiger charge is 2.23. The largest absolute Gasteiger partial charge is 0.508 e. The molecule has 6 heteroatoms. The van der Waals surface area contributed by atoms with Crippen molar-refractivity contribution in [2.75, 3.05) is 0 Å². The first kappa shape index (κ1) is 22.9. The molecule has 0 saturated carbocycles. The zero-order valence-corrected chi connectivity index (χ0v) is 19.8. The molecule has 0 radical (unpaired) electrons. The normalized spacial score (nSPS) is 11.8. The van der Waals surface area contributed by atoms with Crippen molar-refractivity contribution in [2.24, 2.45) is 0 Å². The predicted octanol–water partition coefficient (Wildman–Crippen LogP) is 7.00. The third kappa shape index (κ3) is 4.90. The predicted molar refractivity (Wildman–Crippen MR) is 130 cm³/mol. The minimum absolute atomic E-state index is 0.183. The molecule has 0 aliphatic carbocycles. The maximum atomic E-state index is 12.8. The van der Waals surface area contributed by atoms with Crippen LogP contribution in [0.15, 0.2) is 107 Å². The number of hydrogen-bond acceptors (Lipinski definition) is 4. The molecule has 0 atom stereocenters. The molecule has 0 unspecified atom stereocenters. The molecule has 0 aliphatic heterocycles. The van der Waals surface area contributed by atoms with Gasteiger partial charge in [-0.15, -0.1) is 0 Å². The van der Waals surface area contributed by atoms with Crippen LogP contribution in [-0.4, -0.2) is 13.5 Å². The maximum absolute atomic E-state index is 12.8. The number of phenolic OH excluding ortho intramolecular Hbond substituents is 1. The number of benzene rings is 4. The average Bonchev–Trinajstić information content (AvgIpc) is 2.80. The van der Waals surface area contributed by atoms with E-state index in [1.807, 2.05) is 36.4 Å². The van der Waals surface area contributed by atoms with Crippen molar-refractivity contribution < 1.29 is 18.3 Å². The minimum Gasteiger partial charge on any atom is -0.508 e. The average molecular weight is 479 g/mol. The Morgan fingerprint density at radius 3 is 1.55 bits per heavy atom. The molecule has 4 rings (SSSR count). The van der Waals surface area contributed by atoms with Crippen LogP contribution in [0.1, 0.15) is 25.0 Å². The summed E-state index contributed by atoms with van der Waals surface area (Å²) < 4.78 is 31.5. The zero-order chi connectivity index (χ0) is 23.6. The molecule has 0 aromatic heterocycles. The van der Waals surface area contributed by atoms with Crippen molar-refractivity contribution in [3.05, 3.63) is 113 Å². The minimum atomic E-state index is -3.63. The van der Waals surface area contributed by atoms with E-state index in [-0.39, 0.29) is 21.0 Å². The van der Waals surface area contributed by atoms with Crippen molar-refractivity contribution in [1.29, 1.82) is 0 Å². The zero-order valence-electron chi connectivity index (χ0n) is 18.2. The molecular formula is C27H23ClO4S. The summed E-state index contributed by atoms with van der Waals surface area (Å²) in [6.07, 6.45) is 0. The standard InChI is InChI=1S/C27H23ClO4S/c1-27(2,19-3-9-22(29)10-4-19)20-5-11-23(12-6-20)32-24-13-17-26(18-14-24)33(30,31)25-15-7-21(28)8-16-25/h3-18,29H,1-2H3. The van der Waals surface area contributed by atoms with E-state index in [9.17, 15) is 13.5 Å². The van der Waals surface area contributed by atoms with Crippen LogP contribution in [0.4, 0.5) is 0 Å². The summed E-state index contributed by atoms with van der Waals surface area (Å²) in [5.41, 5.74) is 1.94. The highest BCUT2D eigenvalue weighted by molar-refractivity contribution is 7.91. The van der Waals surface area contributed by atoms with Gasteiger partial charge in [0.15, 0.2) is 0 Å². The molecule has 0 aliphatic rings. The molecule has 4 aromatic rings. The summed E-state index contributed by atoms with van der Waals surface area (Å²) in [6, 6.07) is 27.4. The number of aromatic hydroxyl groups is 1. The van der Waals surface area contributed by atoms with E-state index in [4.69, 9.17) is 16.3 Å². The number of sulfone groups is 1. The fourth-order valence-corrected chi connectivity index (χ4v) is 4.94. The maximum Gasteiger partial charge on any atom is 0.206 e. The lowest BCUT2D eigenvalue weighted by molar-refractivity contribution is 0.474. The number of rotatable bonds is 6. The first-order chi connectivity index (χ1) is 15.7. The first-order valence-corrected chi connectivity index (χ1v) is 12.2. The Kier molecular flexibility index (Phi) is 6.19. The van der Waals surface area contributed by atoms with Gasteiger partial charge in [-0.1, -0.05) is 49.7 Å². The van der Waals surface area contributed by atoms with Crippen LogP contribution in [0, 0.1) is 0 Å². The Morgan fingerprint density at radius 1 is 0.667 bits per heavy atom. The molecule has 33 heavy (non-hydrogen) atoms. The summed E-state index contributed by atoms with van der Waals surface area (Å²) in [4.78, 5) is 0.371. The van der Waals surface area contributed by atoms with Gasteiger partial charge in [0, 0.05) is 10.4 Å². The lowest BCUT2D eigenvalue weighted by Gasteiger charge is -2.26. The van der Waals surface area contributed by atoms with Gasteiger partial charge in [-0.2, -0.15) is 0 Å². The topological polar surface area (TPSA) is 63.6 Å². The quantitative estimate of drug-likeness (QED) is 0.324. The second-order valence-corrected chi connectivity index (χ2v) is 10.6. The van der Waals surface area contributed by atoms with E-state index in [2.05, 4.69) is 13.8 Å². The molecule has 0 amide bonds. The fraction of sp³-hybridized carbons (Fsp3) is 0.111. The second-order valence-electron chi connectivity index (χ2n) is 8.23. The molecule has 4 aromatic carbocycles. The van der Waals surface area contributed by atoms with Crippen LogP contribution >= 0.6 is 11.6 Å². The van der Waals surface area contributed by atoms with Crippen molar-refractivity contribution in [3.8, 4) is 17.2 Å². The number of phenols is 1. The molecule has 0 heterocycles. The third-order valence-electron chi connectivity index (χ3n) is 5.66. The van der Waals surface area contributed by atoms with Gasteiger partial charge in [-0.25, -0.2) is 8.42 Å². The molecule has 0 spiro atoms. The monoisotopic (exact) mass is 478 g/mol. The summed E-state index contributed by atoms with van der Waals surface area (Å²) in [7, 11) is -3.63. The van der Waals surface area contributed by atoms with E-state index in [1.165, 1.54) is 24.3 Å². The molecular weight excluding hydrogens is 456 g/mol. The van der Waals surface area contributed by atoms with Crippen LogP contribution in [-0.2, 0) is 15.3 Å². The smallest absolute Gasteiger partial charge is 0.206 e. The first-order valence-electron chi connectivity index (χ1n) is 10.3. The van der Waals surface area contributed by atoms with Crippen molar-refractivity contribution in [2.45, 2.75) is 29.1 Å². The lowest BCUT2D eigenvalue weighted by Crippen LogP contribution is -2.18. The Hall–Kier alpha value is -3.28. The number of halogens is 1. The van der Waals surface area contributed by atoms with Gasteiger partial charge in [0.25, 0.3) is 0 Å². The van der Waals surface area contributed by atoms with Crippen LogP contribution in [0.5, 0.6) is 17.2 Å². The summed E-state index contributed by atoms with van der Waals surface area (Å²) >= 11 is 5.86. The Balaban J connectivity index is 1.49. The van der Waals surface area contributed by atoms with Crippen molar-refractivity contribution in [1.82, 2.24) is 0 Å². The van der Waals surface area contributed by atoms with Crippen LogP contribution < -0.4 is 4.74 Å². The van der Waals surface area contributed by atoms with Crippen LogP contribution in [0.25, 0.3) is 0 Å². The molecule has 0 fully saturated rings. The van der Waals surface area contributed by atoms with E-state index in [0.717, 1.165) is 11.1 Å². The highest BCUT2D eigenvalue weighted by atomic mass is 35.5. The molecule has 168 valence electrons. The Morgan fingerprint density at radius 2 is 1.06 bits per heavy atom. The fourth-order valence-electron chi connectivity index (χ4n) is 3.56. The summed E-state index contributed by atoms with van der Waals surface area (Å²) in [5, 5.41) is 10.0. The van der Waals surface area contributed by atoms with Gasteiger partial charge >= 0.3 is 0 Å². The number of hydrogen-bond donors (Lipinski definition) is 1. The van der Waals surface area contributed by atoms with Gasteiger partial charge in [-0.05, 0) is 83.9 Å². The van der Waals surface area contributed by atoms with Gasteiger partial charge in [0.1, 0.15) is 17.2 Å². The highest BCUT2D eigenvalue weighted by Crippen LogP contribution is 2.34. The SMILES string of the molecule is CC(C)(c1ccc(O)cc1)c1ccc(Oc2ccc(S(=O)(=O)c3ccc(Cl)cc3)cc2)cc1. The van der Waals surface area contributed by atoms with E-state index < -0.39 is 9.84 Å². The Labute approximate surface area is 199 Å².